The number of hydrogen-bond donors (Lipinski definition) is 1. The van der Waals surface area contributed by atoms with E-state index in [9.17, 15) is 22.8 Å². The average molecular weight is 618 g/mol. The zero-order valence-electron chi connectivity index (χ0n) is 23.6. The number of carbonyl (C=O) groups excluding carboxylic acids is 2. The Morgan fingerprint density at radius 1 is 1.00 bits per heavy atom. The molecule has 2 aromatic carbocycles. The summed E-state index contributed by atoms with van der Waals surface area (Å²) in [4.78, 5) is 38.4. The Morgan fingerprint density at radius 3 is 2.49 bits per heavy atom. The third-order valence-corrected chi connectivity index (χ3v) is 7.88. The molecule has 4 heterocycles. The number of hydrogen-bond acceptors (Lipinski definition) is 9. The van der Waals surface area contributed by atoms with Gasteiger partial charge in [-0.3, -0.25) is 19.5 Å². The molecule has 0 unspecified atom stereocenters. The Balaban J connectivity index is 1.05. The number of tetrazole rings is 1. The van der Waals surface area contributed by atoms with Crippen molar-refractivity contribution in [3.63, 3.8) is 0 Å². The van der Waals surface area contributed by atoms with Crippen LogP contribution in [0.4, 0.5) is 18.9 Å². The Hall–Kier alpha value is -5.18. The molecule has 0 spiro atoms. The van der Waals surface area contributed by atoms with E-state index in [4.69, 9.17) is 4.42 Å². The second kappa shape index (κ2) is 11.7. The van der Waals surface area contributed by atoms with Gasteiger partial charge in [-0.2, -0.15) is 8.78 Å². The van der Waals surface area contributed by atoms with E-state index in [0.29, 0.717) is 48.5 Å². The second-order valence-electron chi connectivity index (χ2n) is 10.9. The molecule has 1 saturated heterocycles. The van der Waals surface area contributed by atoms with Crippen molar-refractivity contribution in [3.8, 4) is 11.5 Å². The minimum absolute atomic E-state index is 0.153. The average Bonchev–Trinajstić information content (AvgIpc) is 3.40. The minimum atomic E-state index is -2.90. The lowest BCUT2D eigenvalue weighted by Crippen LogP contribution is -2.50. The van der Waals surface area contributed by atoms with E-state index >= 15 is 0 Å². The zero-order valence-corrected chi connectivity index (χ0v) is 23.6. The van der Waals surface area contributed by atoms with Crippen molar-refractivity contribution in [2.45, 2.75) is 25.2 Å². The molecule has 1 N–H and O–H groups in total. The minimum Gasteiger partial charge on any atom is -0.436 e. The molecule has 3 atom stereocenters. The van der Waals surface area contributed by atoms with E-state index in [1.54, 1.807) is 35.2 Å². The van der Waals surface area contributed by atoms with Gasteiger partial charge in [-0.1, -0.05) is 35.1 Å². The van der Waals surface area contributed by atoms with Crippen LogP contribution >= 0.6 is 0 Å². The van der Waals surface area contributed by atoms with Gasteiger partial charge >= 0.3 is 6.55 Å². The van der Waals surface area contributed by atoms with Gasteiger partial charge in [-0.25, -0.2) is 9.37 Å². The first-order valence-electron chi connectivity index (χ1n) is 14.3. The highest BCUT2D eigenvalue weighted by atomic mass is 19.3. The molecule has 45 heavy (non-hydrogen) atoms. The number of nitrogens with zero attached hydrogens (tertiary/aromatic N) is 8. The number of nitrogens with one attached hydrogen (secondary N) is 1. The number of fused-ring (bicyclic) bond motifs is 1. The Bertz CT molecular complexity index is 1860. The van der Waals surface area contributed by atoms with E-state index < -0.39 is 24.7 Å². The summed E-state index contributed by atoms with van der Waals surface area (Å²) in [5.41, 5.74) is 3.04. The molecule has 2 amide bonds. The number of benzene rings is 2. The second-order valence-corrected chi connectivity index (χ2v) is 10.9. The van der Waals surface area contributed by atoms with Gasteiger partial charge in [-0.15, -0.1) is 10.2 Å². The van der Waals surface area contributed by atoms with Crippen LogP contribution in [0.2, 0.25) is 0 Å². The van der Waals surface area contributed by atoms with E-state index in [0.717, 1.165) is 5.56 Å². The smallest absolute Gasteiger partial charge is 0.350 e. The molecule has 1 aliphatic carbocycles. The van der Waals surface area contributed by atoms with Crippen molar-refractivity contribution in [2.75, 3.05) is 31.5 Å². The summed E-state index contributed by atoms with van der Waals surface area (Å²) >= 11 is 0. The quantitative estimate of drug-likeness (QED) is 0.273. The largest absolute Gasteiger partial charge is 0.436 e. The normalized spacial score (nSPS) is 19.2. The fraction of sp³-hybridized carbons (Fsp3) is 0.300. The summed E-state index contributed by atoms with van der Waals surface area (Å²) in [5.74, 6) is -0.824. The molecule has 0 radical (unpaired) electrons. The molecule has 5 aromatic rings. The molecule has 2 aliphatic rings. The molecular formula is C30H26F3N9O3. The number of halogens is 3. The number of piperazine rings is 1. The monoisotopic (exact) mass is 617 g/mol. The molecule has 1 aliphatic heterocycles. The van der Waals surface area contributed by atoms with Gasteiger partial charge in [0.25, 0.3) is 5.91 Å². The number of anilines is 1. The first-order chi connectivity index (χ1) is 21.8. The maximum absolute atomic E-state index is 13.5. The van der Waals surface area contributed by atoms with Crippen LogP contribution < -0.4 is 5.32 Å². The van der Waals surface area contributed by atoms with Gasteiger partial charge in [0, 0.05) is 43.6 Å². The van der Waals surface area contributed by atoms with Gasteiger partial charge < -0.3 is 14.6 Å². The summed E-state index contributed by atoms with van der Waals surface area (Å²) in [5, 5.41) is 14.0. The lowest BCUT2D eigenvalue weighted by atomic mass is 10.0. The molecular weight excluding hydrogens is 591 g/mol. The summed E-state index contributed by atoms with van der Waals surface area (Å²) in [6.45, 7) is -1.31. The molecule has 230 valence electrons. The van der Waals surface area contributed by atoms with Crippen LogP contribution in [0.15, 0.2) is 71.3 Å². The third-order valence-electron chi connectivity index (χ3n) is 7.88. The van der Waals surface area contributed by atoms with Crippen molar-refractivity contribution in [1.29, 1.82) is 0 Å². The molecule has 3 aromatic heterocycles. The maximum Gasteiger partial charge on any atom is 0.350 e. The number of amides is 2. The van der Waals surface area contributed by atoms with Crippen molar-refractivity contribution in [1.82, 2.24) is 40.0 Å². The molecule has 12 nitrogen and oxygen atoms in total. The van der Waals surface area contributed by atoms with Gasteiger partial charge in [0.05, 0.1) is 12.0 Å². The Morgan fingerprint density at radius 2 is 1.78 bits per heavy atom. The number of oxazole rings is 1. The van der Waals surface area contributed by atoms with Crippen LogP contribution in [0.5, 0.6) is 0 Å². The van der Waals surface area contributed by atoms with Crippen molar-refractivity contribution < 1.29 is 27.2 Å². The predicted octanol–water partition coefficient (Wildman–Crippen LogP) is 4.12. The topological polar surface area (TPSA) is 135 Å². The Kier molecular flexibility index (Phi) is 7.45. The number of pyridine rings is 1. The number of carbonyl (C=O) groups is 2. The molecule has 2 fully saturated rings. The third kappa shape index (κ3) is 5.85. The van der Waals surface area contributed by atoms with Crippen LogP contribution in [-0.2, 0) is 4.79 Å². The fourth-order valence-electron chi connectivity index (χ4n) is 5.41. The summed E-state index contributed by atoms with van der Waals surface area (Å²) in [6.07, 6.45) is 0.651. The maximum atomic E-state index is 13.5. The lowest BCUT2D eigenvalue weighted by Gasteiger charge is -2.38. The molecule has 7 rings (SSSR count). The Labute approximate surface area is 253 Å². The van der Waals surface area contributed by atoms with Crippen LogP contribution in [-0.4, -0.2) is 84.1 Å². The van der Waals surface area contributed by atoms with Crippen molar-refractivity contribution in [3.05, 3.63) is 83.9 Å². The first-order valence-corrected chi connectivity index (χ1v) is 14.3. The number of rotatable bonds is 8. The van der Waals surface area contributed by atoms with E-state index in [1.807, 2.05) is 35.2 Å². The van der Waals surface area contributed by atoms with E-state index in [2.05, 4.69) is 30.7 Å². The summed E-state index contributed by atoms with van der Waals surface area (Å²) in [6, 6.07) is 17.1. The highest BCUT2D eigenvalue weighted by molar-refractivity contribution is 5.96. The summed E-state index contributed by atoms with van der Waals surface area (Å²) < 4.78 is 45.5. The first kappa shape index (κ1) is 28.6. The van der Waals surface area contributed by atoms with Crippen LogP contribution in [0, 0.1) is 5.92 Å². The fourth-order valence-corrected chi connectivity index (χ4v) is 5.41. The van der Waals surface area contributed by atoms with Gasteiger partial charge in [0.1, 0.15) is 17.4 Å². The van der Waals surface area contributed by atoms with Gasteiger partial charge in [-0.05, 0) is 47.5 Å². The summed E-state index contributed by atoms with van der Waals surface area (Å²) in [7, 11) is 0. The highest BCUT2D eigenvalue weighted by Gasteiger charge is 2.43. The van der Waals surface area contributed by atoms with Crippen LogP contribution in [0.1, 0.15) is 40.9 Å². The van der Waals surface area contributed by atoms with Gasteiger partial charge in [0.15, 0.2) is 11.4 Å². The molecule has 1 saturated carbocycles. The van der Waals surface area contributed by atoms with E-state index in [1.165, 1.54) is 6.20 Å². The van der Waals surface area contributed by atoms with Gasteiger partial charge in [0.2, 0.25) is 11.8 Å². The van der Waals surface area contributed by atoms with Crippen LogP contribution in [0.3, 0.4) is 0 Å². The molecule has 15 heteroatoms. The van der Waals surface area contributed by atoms with E-state index in [-0.39, 0.29) is 40.4 Å². The zero-order chi connectivity index (χ0) is 31.1. The predicted molar refractivity (Wildman–Crippen MR) is 154 cm³/mol. The lowest BCUT2D eigenvalue weighted by molar-refractivity contribution is -0.117. The standard InChI is InChI=1S/C30H26F3N9O3/c31-21-16-20(21)27(43)35-19-6-7-24-22(15-19)36-28(45-24)18-8-9-34-23(14-18)29(44)41-12-10-40(11-13-41)25(17-4-2-1-3-5-17)26-37-39-42(38-26)30(32)33/h1-9,14-15,20-21,25,30H,10-13,16H2,(H,35,43)/t20-,21-,25-/m1/s1. The number of alkyl halides is 3. The van der Waals surface area contributed by atoms with Crippen molar-refractivity contribution in [2.24, 2.45) is 5.92 Å². The van der Waals surface area contributed by atoms with Crippen molar-refractivity contribution >= 4 is 28.6 Å². The van der Waals surface area contributed by atoms with Crippen LogP contribution in [0.25, 0.3) is 22.6 Å². The SMILES string of the molecule is O=C(Nc1ccc2oc(-c3ccnc(C(=O)N4CCN([C@H](c5ccccc5)c5nnn(C(F)F)n5)CC4)c3)nc2c1)[C@@H]1C[C@H]1F. The highest BCUT2D eigenvalue weighted by Crippen LogP contribution is 2.35. The molecule has 0 bridgehead atoms. The number of aromatic nitrogens is 6.